The van der Waals surface area contributed by atoms with Crippen molar-refractivity contribution < 1.29 is 9.59 Å². The number of rotatable bonds is 4. The fourth-order valence-corrected chi connectivity index (χ4v) is 3.16. The minimum atomic E-state index is -0.475. The lowest BCUT2D eigenvalue weighted by atomic mass is 9.74. The van der Waals surface area contributed by atoms with E-state index in [4.69, 9.17) is 5.73 Å². The summed E-state index contributed by atoms with van der Waals surface area (Å²) in [6.45, 7) is 3.97. The van der Waals surface area contributed by atoms with Crippen molar-refractivity contribution in [2.45, 2.75) is 45.1 Å². The standard InChI is InChI=1S/C18H27N3O2.ClH/c1-13-7-9-14(10-8-13)20-16(22)12-21(3)17(23)15-6-4-5-11-18(15,2)19;/h7-10,15H,4-6,11-12,19H2,1-3H3,(H,20,22);1H. The van der Waals surface area contributed by atoms with Crippen molar-refractivity contribution in [3.05, 3.63) is 29.8 Å². The molecular weight excluding hydrogens is 326 g/mol. The zero-order chi connectivity index (χ0) is 17.0. The molecule has 1 saturated carbocycles. The molecule has 0 bridgehead atoms. The van der Waals surface area contributed by atoms with Gasteiger partial charge in [0.05, 0.1) is 12.5 Å². The summed E-state index contributed by atoms with van der Waals surface area (Å²) < 4.78 is 0. The van der Waals surface area contributed by atoms with Gasteiger partial charge in [-0.3, -0.25) is 9.59 Å². The third kappa shape index (κ3) is 5.21. The molecule has 0 radical (unpaired) electrons. The molecule has 24 heavy (non-hydrogen) atoms. The summed E-state index contributed by atoms with van der Waals surface area (Å²) in [7, 11) is 1.67. The van der Waals surface area contributed by atoms with E-state index in [9.17, 15) is 9.59 Å². The van der Waals surface area contributed by atoms with Gasteiger partial charge >= 0.3 is 0 Å². The maximum atomic E-state index is 12.6. The second kappa shape index (κ2) is 8.49. The van der Waals surface area contributed by atoms with E-state index in [1.165, 1.54) is 4.90 Å². The van der Waals surface area contributed by atoms with Gasteiger partial charge in [0, 0.05) is 18.3 Å². The molecule has 0 aromatic heterocycles. The van der Waals surface area contributed by atoms with Crippen LogP contribution in [0.5, 0.6) is 0 Å². The highest BCUT2D eigenvalue weighted by molar-refractivity contribution is 5.94. The molecule has 1 fully saturated rings. The van der Waals surface area contributed by atoms with Crippen LogP contribution >= 0.6 is 12.4 Å². The lowest BCUT2D eigenvalue weighted by Crippen LogP contribution is -2.53. The number of hydrogen-bond acceptors (Lipinski definition) is 3. The van der Waals surface area contributed by atoms with Crippen molar-refractivity contribution in [1.82, 2.24) is 4.90 Å². The number of halogens is 1. The third-order valence-corrected chi connectivity index (χ3v) is 4.64. The van der Waals surface area contributed by atoms with Gasteiger partial charge in [-0.25, -0.2) is 0 Å². The molecule has 1 aliphatic rings. The van der Waals surface area contributed by atoms with E-state index in [-0.39, 0.29) is 36.7 Å². The van der Waals surface area contributed by atoms with Crippen LogP contribution in [0.2, 0.25) is 0 Å². The first-order valence-corrected chi connectivity index (χ1v) is 8.20. The molecule has 0 heterocycles. The average Bonchev–Trinajstić information content (AvgIpc) is 2.48. The van der Waals surface area contributed by atoms with Crippen LogP contribution in [0.3, 0.4) is 0 Å². The first-order valence-electron chi connectivity index (χ1n) is 8.20. The summed E-state index contributed by atoms with van der Waals surface area (Å²) in [5.41, 5.74) is 7.68. The van der Waals surface area contributed by atoms with E-state index in [0.29, 0.717) is 0 Å². The topological polar surface area (TPSA) is 75.4 Å². The zero-order valence-corrected chi connectivity index (χ0v) is 15.5. The Hall–Kier alpha value is -1.59. The molecule has 134 valence electrons. The number of aryl methyl sites for hydroxylation is 1. The Kier molecular flexibility index (Phi) is 7.24. The fraction of sp³-hybridized carbons (Fsp3) is 0.556. The highest BCUT2D eigenvalue weighted by atomic mass is 35.5. The van der Waals surface area contributed by atoms with Gasteiger partial charge in [-0.1, -0.05) is 30.5 Å². The first-order chi connectivity index (χ1) is 10.8. The summed E-state index contributed by atoms with van der Waals surface area (Å²) in [6, 6.07) is 7.58. The number of nitrogens with zero attached hydrogens (tertiary/aromatic N) is 1. The van der Waals surface area contributed by atoms with Gasteiger partial charge in [-0.15, -0.1) is 12.4 Å². The molecule has 0 saturated heterocycles. The van der Waals surface area contributed by atoms with Gasteiger partial charge in [0.15, 0.2) is 0 Å². The maximum absolute atomic E-state index is 12.6. The predicted octanol–water partition coefficient (Wildman–Crippen LogP) is 2.72. The van der Waals surface area contributed by atoms with Gasteiger partial charge in [0.2, 0.25) is 11.8 Å². The monoisotopic (exact) mass is 353 g/mol. The Balaban J connectivity index is 0.00000288. The van der Waals surface area contributed by atoms with Gasteiger partial charge in [-0.05, 0) is 38.8 Å². The van der Waals surface area contributed by atoms with Crippen molar-refractivity contribution >= 4 is 29.9 Å². The lowest BCUT2D eigenvalue weighted by Gasteiger charge is -2.39. The Labute approximate surface area is 150 Å². The maximum Gasteiger partial charge on any atom is 0.243 e. The van der Waals surface area contributed by atoms with E-state index in [1.807, 2.05) is 38.1 Å². The Bertz CT molecular complexity index is 572. The molecule has 6 heteroatoms. The average molecular weight is 354 g/mol. The molecule has 2 atom stereocenters. The highest BCUT2D eigenvalue weighted by Crippen LogP contribution is 2.32. The lowest BCUT2D eigenvalue weighted by molar-refractivity contribution is -0.139. The predicted molar refractivity (Wildman–Crippen MR) is 99.2 cm³/mol. The minimum Gasteiger partial charge on any atom is -0.336 e. The normalized spacial score (nSPS) is 23.1. The van der Waals surface area contributed by atoms with Crippen LogP contribution in [0.1, 0.15) is 38.2 Å². The van der Waals surface area contributed by atoms with Crippen LogP contribution in [0.15, 0.2) is 24.3 Å². The van der Waals surface area contributed by atoms with E-state index in [1.54, 1.807) is 7.05 Å². The van der Waals surface area contributed by atoms with Crippen LogP contribution in [-0.2, 0) is 9.59 Å². The second-order valence-electron chi connectivity index (χ2n) is 6.91. The molecular formula is C18H28ClN3O2. The summed E-state index contributed by atoms with van der Waals surface area (Å²) in [4.78, 5) is 26.2. The van der Waals surface area contributed by atoms with Crippen LogP contribution in [0, 0.1) is 12.8 Å². The number of nitrogens with two attached hydrogens (primary N) is 1. The number of amides is 2. The van der Waals surface area contributed by atoms with E-state index < -0.39 is 5.54 Å². The number of anilines is 1. The minimum absolute atomic E-state index is 0. The molecule has 0 spiro atoms. The van der Waals surface area contributed by atoms with Crippen LogP contribution in [0.25, 0.3) is 0 Å². The van der Waals surface area contributed by atoms with Crippen molar-refractivity contribution in [3.8, 4) is 0 Å². The van der Waals surface area contributed by atoms with Gasteiger partial charge in [-0.2, -0.15) is 0 Å². The summed E-state index contributed by atoms with van der Waals surface area (Å²) in [5, 5.41) is 2.81. The fourth-order valence-electron chi connectivity index (χ4n) is 3.16. The Morgan fingerprint density at radius 1 is 1.29 bits per heavy atom. The highest BCUT2D eigenvalue weighted by Gasteiger charge is 2.39. The molecule has 1 aliphatic carbocycles. The molecule has 1 aromatic rings. The van der Waals surface area contributed by atoms with Crippen LogP contribution in [-0.4, -0.2) is 35.8 Å². The molecule has 0 aliphatic heterocycles. The number of benzene rings is 1. The second-order valence-corrected chi connectivity index (χ2v) is 6.91. The smallest absolute Gasteiger partial charge is 0.243 e. The van der Waals surface area contributed by atoms with Crippen LogP contribution < -0.4 is 11.1 Å². The van der Waals surface area contributed by atoms with Crippen molar-refractivity contribution in [2.75, 3.05) is 18.9 Å². The van der Waals surface area contributed by atoms with Gasteiger partial charge in [0.25, 0.3) is 0 Å². The van der Waals surface area contributed by atoms with Gasteiger partial charge < -0.3 is 16.0 Å². The number of carbonyl (C=O) groups is 2. The number of carbonyl (C=O) groups excluding carboxylic acids is 2. The molecule has 2 rings (SSSR count). The van der Waals surface area contributed by atoms with Gasteiger partial charge in [0.1, 0.15) is 0 Å². The first kappa shape index (κ1) is 20.5. The quantitative estimate of drug-likeness (QED) is 0.873. The van der Waals surface area contributed by atoms with E-state index >= 15 is 0 Å². The van der Waals surface area contributed by atoms with Crippen LogP contribution in [0.4, 0.5) is 5.69 Å². The Morgan fingerprint density at radius 3 is 2.50 bits per heavy atom. The Morgan fingerprint density at radius 2 is 1.92 bits per heavy atom. The van der Waals surface area contributed by atoms with Crippen molar-refractivity contribution in [2.24, 2.45) is 11.7 Å². The molecule has 2 amide bonds. The summed E-state index contributed by atoms with van der Waals surface area (Å²) >= 11 is 0. The third-order valence-electron chi connectivity index (χ3n) is 4.64. The summed E-state index contributed by atoms with van der Waals surface area (Å²) in [5.74, 6) is -0.429. The summed E-state index contributed by atoms with van der Waals surface area (Å²) in [6.07, 6.45) is 3.74. The van der Waals surface area contributed by atoms with E-state index in [0.717, 1.165) is 36.9 Å². The van der Waals surface area contributed by atoms with Crippen molar-refractivity contribution in [3.63, 3.8) is 0 Å². The molecule has 3 N–H and O–H groups in total. The number of likely N-dealkylation sites (N-methyl/N-ethyl adjacent to an activating group) is 1. The van der Waals surface area contributed by atoms with Crippen molar-refractivity contribution in [1.29, 1.82) is 0 Å². The van der Waals surface area contributed by atoms with E-state index in [2.05, 4.69) is 5.32 Å². The number of nitrogens with one attached hydrogen (secondary N) is 1. The largest absolute Gasteiger partial charge is 0.336 e. The zero-order valence-electron chi connectivity index (χ0n) is 14.7. The number of hydrogen-bond donors (Lipinski definition) is 2. The molecule has 5 nitrogen and oxygen atoms in total. The molecule has 2 unspecified atom stereocenters. The SMILES string of the molecule is Cc1ccc(NC(=O)CN(C)C(=O)C2CCCCC2(C)N)cc1.Cl. The molecule has 1 aromatic carbocycles.